The molecule has 0 spiro atoms. The zero-order valence-corrected chi connectivity index (χ0v) is 23.1. The summed E-state index contributed by atoms with van der Waals surface area (Å²) in [4.78, 5) is 8.90. The van der Waals surface area contributed by atoms with Gasteiger partial charge in [0.1, 0.15) is 6.10 Å². The van der Waals surface area contributed by atoms with Crippen molar-refractivity contribution in [2.75, 3.05) is 39.6 Å². The fourth-order valence-corrected chi connectivity index (χ4v) is 7.18. The summed E-state index contributed by atoms with van der Waals surface area (Å²) in [5.41, 5.74) is 5.33. The quantitative estimate of drug-likeness (QED) is 0.240. The Balaban J connectivity index is 0.849. The molecular weight excluding hydrogens is 506 g/mol. The Morgan fingerprint density at radius 1 is 0.850 bits per heavy atom. The highest BCUT2D eigenvalue weighted by atomic mass is 16.5. The summed E-state index contributed by atoms with van der Waals surface area (Å²) in [6.07, 6.45) is 11.6. The minimum atomic E-state index is 0.0633. The molecule has 0 aliphatic heterocycles. The van der Waals surface area contributed by atoms with Gasteiger partial charge < -0.3 is 28.6 Å². The highest BCUT2D eigenvalue weighted by Gasteiger charge is 2.67. The molecule has 1 N–H and O–H groups in total. The van der Waals surface area contributed by atoms with Crippen molar-refractivity contribution >= 4 is 21.8 Å². The first-order valence-corrected chi connectivity index (χ1v) is 14.4. The molecule has 3 aromatic heterocycles. The summed E-state index contributed by atoms with van der Waals surface area (Å²) >= 11 is 0. The number of hydrogen-bond donors (Lipinski definition) is 1. The van der Waals surface area contributed by atoms with Gasteiger partial charge >= 0.3 is 0 Å². The van der Waals surface area contributed by atoms with E-state index in [9.17, 15) is 0 Å². The molecule has 40 heavy (non-hydrogen) atoms. The molecule has 2 bridgehead atoms. The van der Waals surface area contributed by atoms with Crippen LogP contribution in [0.4, 0.5) is 0 Å². The molecule has 4 saturated carbocycles. The van der Waals surface area contributed by atoms with Gasteiger partial charge in [0.15, 0.2) is 0 Å². The Hall–Kier alpha value is -3.04. The van der Waals surface area contributed by atoms with Crippen LogP contribution in [0, 0.1) is 10.8 Å². The van der Waals surface area contributed by atoms with Crippen molar-refractivity contribution in [1.29, 1.82) is 0 Å². The van der Waals surface area contributed by atoms with Crippen LogP contribution in [0.2, 0.25) is 0 Å². The number of hydrogen-bond acceptors (Lipinski definition) is 7. The molecule has 0 atom stereocenters. The lowest BCUT2D eigenvalue weighted by atomic mass is 9.35. The standard InChI is InChI=1S/C32H37N3O5/c1-35-28-6-7-33-16-27(28)26-4-2-22(12-29(26)35)23-3-5-30(34-15-23)40-25-13-24(14-25)39-21-32-17-31(18-32,19-32)20-38-11-10-37-9-8-36/h2-7,12,15-16,24-25,36H,8-11,13-14,17-21H2,1H3. The molecule has 0 saturated heterocycles. The molecule has 4 aliphatic carbocycles. The zero-order valence-electron chi connectivity index (χ0n) is 23.1. The predicted molar refractivity (Wildman–Crippen MR) is 152 cm³/mol. The summed E-state index contributed by atoms with van der Waals surface area (Å²) in [6, 6.07) is 12.7. The van der Waals surface area contributed by atoms with Crippen molar-refractivity contribution in [3.8, 4) is 17.0 Å². The topological polar surface area (TPSA) is 87.9 Å². The van der Waals surface area contributed by atoms with E-state index >= 15 is 0 Å². The van der Waals surface area contributed by atoms with E-state index in [1.807, 2.05) is 24.7 Å². The minimum Gasteiger partial charge on any atom is -0.474 e. The van der Waals surface area contributed by atoms with Gasteiger partial charge in [-0.15, -0.1) is 0 Å². The third-order valence-electron chi connectivity index (χ3n) is 9.11. The third kappa shape index (κ3) is 4.77. The van der Waals surface area contributed by atoms with E-state index in [1.165, 1.54) is 41.1 Å². The smallest absolute Gasteiger partial charge is 0.213 e. The van der Waals surface area contributed by atoms with E-state index in [4.69, 9.17) is 24.1 Å². The maximum atomic E-state index is 8.73. The van der Waals surface area contributed by atoms with Crippen molar-refractivity contribution < 1.29 is 24.1 Å². The molecule has 4 aromatic rings. The van der Waals surface area contributed by atoms with Gasteiger partial charge in [-0.2, -0.15) is 0 Å². The monoisotopic (exact) mass is 543 g/mol. The van der Waals surface area contributed by atoms with Gasteiger partial charge in [0.2, 0.25) is 5.88 Å². The highest BCUT2D eigenvalue weighted by molar-refractivity contribution is 6.08. The van der Waals surface area contributed by atoms with Crippen molar-refractivity contribution in [2.45, 2.75) is 44.3 Å². The fourth-order valence-electron chi connectivity index (χ4n) is 7.18. The van der Waals surface area contributed by atoms with Gasteiger partial charge in [0.05, 0.1) is 51.3 Å². The molecule has 0 unspecified atom stereocenters. The number of benzene rings is 1. The molecule has 210 valence electrons. The van der Waals surface area contributed by atoms with Crippen LogP contribution in [-0.2, 0) is 21.3 Å². The summed E-state index contributed by atoms with van der Waals surface area (Å²) in [7, 11) is 2.10. The van der Waals surface area contributed by atoms with Crippen molar-refractivity contribution in [1.82, 2.24) is 14.5 Å². The van der Waals surface area contributed by atoms with Crippen molar-refractivity contribution in [2.24, 2.45) is 17.9 Å². The molecule has 4 fully saturated rings. The van der Waals surface area contributed by atoms with Gasteiger partial charge in [-0.05, 0) is 53.9 Å². The number of rotatable bonds is 13. The first-order chi connectivity index (χ1) is 19.6. The predicted octanol–water partition coefficient (Wildman–Crippen LogP) is 4.91. The van der Waals surface area contributed by atoms with Crippen LogP contribution in [0.25, 0.3) is 32.9 Å². The molecule has 1 aromatic carbocycles. The first kappa shape index (κ1) is 25.9. The Bertz CT molecular complexity index is 1470. The Morgan fingerprint density at radius 2 is 1.65 bits per heavy atom. The number of aryl methyl sites for hydroxylation is 1. The highest BCUT2D eigenvalue weighted by Crippen LogP contribution is 2.73. The largest absolute Gasteiger partial charge is 0.474 e. The van der Waals surface area contributed by atoms with Crippen LogP contribution in [0.5, 0.6) is 5.88 Å². The van der Waals surface area contributed by atoms with E-state index in [1.54, 1.807) is 0 Å². The van der Waals surface area contributed by atoms with E-state index in [2.05, 4.69) is 51.9 Å². The lowest BCUT2D eigenvalue weighted by Crippen LogP contribution is -2.66. The Labute approximate surface area is 234 Å². The summed E-state index contributed by atoms with van der Waals surface area (Å²) in [5, 5.41) is 11.1. The minimum absolute atomic E-state index is 0.0633. The van der Waals surface area contributed by atoms with E-state index in [-0.39, 0.29) is 18.8 Å². The number of nitrogens with zero attached hydrogens (tertiary/aromatic N) is 3. The van der Waals surface area contributed by atoms with E-state index < -0.39 is 0 Å². The van der Waals surface area contributed by atoms with E-state index in [0.717, 1.165) is 37.2 Å². The zero-order chi connectivity index (χ0) is 27.2. The molecule has 0 amide bonds. The average Bonchev–Trinajstić information content (AvgIpc) is 3.20. The van der Waals surface area contributed by atoms with E-state index in [0.29, 0.717) is 36.5 Å². The van der Waals surface area contributed by atoms with Crippen LogP contribution in [0.3, 0.4) is 0 Å². The third-order valence-corrected chi connectivity index (χ3v) is 9.11. The molecular formula is C32H37N3O5. The molecule has 4 aliphatic rings. The van der Waals surface area contributed by atoms with Gasteiger partial charge in [-0.25, -0.2) is 4.98 Å². The first-order valence-electron chi connectivity index (χ1n) is 14.4. The van der Waals surface area contributed by atoms with Crippen LogP contribution in [0.15, 0.2) is 55.0 Å². The van der Waals surface area contributed by atoms with Gasteiger partial charge in [0, 0.05) is 66.4 Å². The van der Waals surface area contributed by atoms with Crippen LogP contribution < -0.4 is 4.74 Å². The van der Waals surface area contributed by atoms with Crippen molar-refractivity contribution in [3.05, 3.63) is 55.0 Å². The number of fused-ring (bicyclic) bond motifs is 3. The summed E-state index contributed by atoms with van der Waals surface area (Å²) < 4.78 is 25.7. The second-order valence-electron chi connectivity index (χ2n) is 12.1. The van der Waals surface area contributed by atoms with Gasteiger partial charge in [-0.3, -0.25) is 4.98 Å². The molecule has 8 heteroatoms. The summed E-state index contributed by atoms with van der Waals surface area (Å²) in [6.45, 7) is 3.27. The van der Waals surface area contributed by atoms with Crippen LogP contribution in [-0.4, -0.2) is 71.5 Å². The molecule has 0 radical (unpaired) electrons. The maximum absolute atomic E-state index is 8.73. The number of ether oxygens (including phenoxy) is 4. The Kier molecular flexibility index (Phi) is 6.74. The van der Waals surface area contributed by atoms with Gasteiger partial charge in [-0.1, -0.05) is 12.1 Å². The lowest BCUT2D eigenvalue weighted by Gasteiger charge is -2.70. The molecule has 3 heterocycles. The second-order valence-corrected chi connectivity index (χ2v) is 12.1. The lowest BCUT2D eigenvalue weighted by molar-refractivity contribution is -0.264. The summed E-state index contributed by atoms with van der Waals surface area (Å²) in [5.74, 6) is 0.673. The Morgan fingerprint density at radius 3 is 2.45 bits per heavy atom. The second kappa shape index (κ2) is 10.4. The average molecular weight is 544 g/mol. The van der Waals surface area contributed by atoms with Gasteiger partial charge in [0.25, 0.3) is 0 Å². The molecule has 8 rings (SSSR count). The maximum Gasteiger partial charge on any atom is 0.213 e. The fraction of sp³-hybridized carbons (Fsp3) is 0.500. The normalized spacial score (nSPS) is 26.9. The SMILES string of the molecule is Cn1c2ccncc2c2ccc(-c3ccc(OC4CC(OCC56CC(COCCOCCO)(C5)C6)C4)nc3)cc21. The van der Waals surface area contributed by atoms with Crippen LogP contribution in [0.1, 0.15) is 32.1 Å². The van der Waals surface area contributed by atoms with Crippen molar-refractivity contribution in [3.63, 3.8) is 0 Å². The van der Waals surface area contributed by atoms with Crippen LogP contribution >= 0.6 is 0 Å². The number of pyridine rings is 2. The molecule has 8 nitrogen and oxygen atoms in total. The number of aliphatic hydroxyl groups is 1. The number of aromatic nitrogens is 3. The number of aliphatic hydroxyl groups excluding tert-OH is 1.